The van der Waals surface area contributed by atoms with Gasteiger partial charge in [0.25, 0.3) is 0 Å². The van der Waals surface area contributed by atoms with E-state index in [-0.39, 0.29) is 23.5 Å². The van der Waals surface area contributed by atoms with Crippen molar-refractivity contribution in [3.63, 3.8) is 0 Å². The topological polar surface area (TPSA) is 95.4 Å². The maximum absolute atomic E-state index is 11.7. The number of likely N-dealkylation sites (tertiary alicyclic amines) is 1. The molecule has 1 saturated carbocycles. The Hall–Kier alpha value is -1.75. The average Bonchev–Trinajstić information content (AvgIpc) is 2.89. The third kappa shape index (κ3) is 2.01. The Morgan fingerprint density at radius 1 is 1.56 bits per heavy atom. The number of hydrogen-bond donors (Lipinski definition) is 0. The number of carbonyl (C=O) groups is 2. The molecule has 18 heavy (non-hydrogen) atoms. The van der Waals surface area contributed by atoms with Crippen LogP contribution in [0.5, 0.6) is 0 Å². The van der Waals surface area contributed by atoms with E-state index in [1.807, 2.05) is 6.92 Å². The van der Waals surface area contributed by atoms with Gasteiger partial charge in [0.1, 0.15) is 0 Å². The van der Waals surface area contributed by atoms with Crippen LogP contribution in [0.2, 0.25) is 0 Å². The minimum atomic E-state index is -0.407. The van der Waals surface area contributed by atoms with Gasteiger partial charge in [0.2, 0.25) is 5.91 Å². The fraction of sp³-hybridized carbons (Fsp3) is 0.818. The lowest BCUT2D eigenvalue weighted by Gasteiger charge is -2.20. The van der Waals surface area contributed by atoms with Crippen molar-refractivity contribution in [3.05, 3.63) is 10.4 Å². The van der Waals surface area contributed by atoms with Gasteiger partial charge in [-0.25, -0.2) is 4.79 Å². The third-order valence-corrected chi connectivity index (χ3v) is 3.85. The van der Waals surface area contributed by atoms with Crippen molar-refractivity contribution in [2.75, 3.05) is 13.2 Å². The lowest BCUT2D eigenvalue weighted by Crippen LogP contribution is -2.34. The monoisotopic (exact) mass is 252 g/mol. The maximum atomic E-state index is 11.7. The molecule has 7 heteroatoms. The first-order valence-electron chi connectivity index (χ1n) is 6.06. The molecule has 0 aromatic rings. The molecule has 0 aromatic carbocycles. The van der Waals surface area contributed by atoms with Crippen molar-refractivity contribution in [3.8, 4) is 0 Å². The van der Waals surface area contributed by atoms with Gasteiger partial charge in [0.15, 0.2) is 0 Å². The molecule has 2 amide bonds. The van der Waals surface area contributed by atoms with Gasteiger partial charge >= 0.3 is 6.09 Å². The van der Waals surface area contributed by atoms with Gasteiger partial charge < -0.3 is 9.64 Å². The normalized spacial score (nSPS) is 33.1. The summed E-state index contributed by atoms with van der Waals surface area (Å²) in [6.07, 6.45) is 1.14. The molecule has 2 rings (SSSR count). The number of carbonyl (C=O) groups excluding carboxylic acids is 2. The molecule has 98 valence electrons. The molecule has 0 N–H and O–H groups in total. The average molecular weight is 252 g/mol. The third-order valence-electron chi connectivity index (χ3n) is 3.85. The van der Waals surface area contributed by atoms with Gasteiger partial charge in [-0.05, 0) is 37.3 Å². The molecule has 3 atom stereocenters. The molecule has 7 nitrogen and oxygen atoms in total. The molecule has 0 bridgehead atoms. The molecular weight excluding hydrogens is 236 g/mol. The van der Waals surface area contributed by atoms with Crippen LogP contribution in [-0.4, -0.2) is 36.1 Å². The van der Waals surface area contributed by atoms with E-state index in [0.29, 0.717) is 19.6 Å². The van der Waals surface area contributed by atoms with E-state index >= 15 is 0 Å². The minimum Gasteiger partial charge on any atom is -0.450 e. The molecule has 0 aromatic heterocycles. The Morgan fingerprint density at radius 2 is 2.28 bits per heavy atom. The quantitative estimate of drug-likeness (QED) is 0.427. The first-order chi connectivity index (χ1) is 8.54. The van der Waals surface area contributed by atoms with Crippen LogP contribution in [0.1, 0.15) is 26.7 Å². The molecule has 0 radical (unpaired) electrons. The second kappa shape index (κ2) is 4.49. The van der Waals surface area contributed by atoms with Crippen LogP contribution >= 0.6 is 0 Å². The highest BCUT2D eigenvalue weighted by atomic mass is 16.6. The Morgan fingerprint density at radius 3 is 2.89 bits per heavy atom. The van der Waals surface area contributed by atoms with Gasteiger partial charge in [0, 0.05) is 28.8 Å². The SMILES string of the molecule is CCOC(=O)N1CC2(CC1C)CC2C(=O)N=[N+]=[N-]. The molecule has 1 aliphatic carbocycles. The van der Waals surface area contributed by atoms with Crippen LogP contribution < -0.4 is 0 Å². The van der Waals surface area contributed by atoms with Crippen LogP contribution in [0.4, 0.5) is 4.79 Å². The summed E-state index contributed by atoms with van der Waals surface area (Å²) in [5.41, 5.74) is 8.08. The van der Waals surface area contributed by atoms with E-state index in [1.54, 1.807) is 11.8 Å². The first-order valence-corrected chi connectivity index (χ1v) is 6.06. The molecule has 1 heterocycles. The summed E-state index contributed by atoms with van der Waals surface area (Å²) < 4.78 is 4.98. The fourth-order valence-electron chi connectivity index (χ4n) is 2.92. The molecule has 2 fully saturated rings. The van der Waals surface area contributed by atoms with E-state index in [2.05, 4.69) is 10.0 Å². The van der Waals surface area contributed by atoms with Crippen LogP contribution in [0.3, 0.4) is 0 Å². The molecule has 2 aliphatic rings. The Balaban J connectivity index is 2.02. The predicted molar refractivity (Wildman–Crippen MR) is 62.5 cm³/mol. The van der Waals surface area contributed by atoms with Crippen molar-refractivity contribution in [1.82, 2.24) is 4.90 Å². The molecular formula is C11H16N4O3. The highest BCUT2D eigenvalue weighted by molar-refractivity contribution is 5.83. The molecule has 1 spiro atoms. The van der Waals surface area contributed by atoms with E-state index in [1.165, 1.54) is 0 Å². The molecule has 1 aliphatic heterocycles. The Bertz CT molecular complexity index is 432. The summed E-state index contributed by atoms with van der Waals surface area (Å²) in [5, 5.41) is 3.14. The van der Waals surface area contributed by atoms with E-state index in [0.717, 1.165) is 6.42 Å². The molecule has 3 unspecified atom stereocenters. The van der Waals surface area contributed by atoms with Crippen molar-refractivity contribution < 1.29 is 14.3 Å². The summed E-state index contributed by atoms with van der Waals surface area (Å²) in [6.45, 7) is 4.57. The predicted octanol–water partition coefficient (Wildman–Crippen LogP) is 2.08. The maximum Gasteiger partial charge on any atom is 0.410 e. The van der Waals surface area contributed by atoms with Gasteiger partial charge in [-0.3, -0.25) is 4.79 Å². The van der Waals surface area contributed by atoms with Crippen LogP contribution in [0.25, 0.3) is 10.4 Å². The van der Waals surface area contributed by atoms with Crippen molar-refractivity contribution in [1.29, 1.82) is 0 Å². The largest absolute Gasteiger partial charge is 0.450 e. The standard InChI is InChI=1S/C11H16N4O3/c1-3-18-10(17)15-6-11(4-7(15)2)5-8(11)9(16)13-14-12/h7-8H,3-6H2,1-2H3. The lowest BCUT2D eigenvalue weighted by molar-refractivity contribution is -0.119. The van der Waals surface area contributed by atoms with E-state index < -0.39 is 5.91 Å². The Kier molecular flexibility index (Phi) is 3.17. The number of ether oxygens (including phenoxy) is 1. The summed E-state index contributed by atoms with van der Waals surface area (Å²) in [6, 6.07) is 0.0629. The van der Waals surface area contributed by atoms with Crippen LogP contribution in [-0.2, 0) is 9.53 Å². The van der Waals surface area contributed by atoms with Gasteiger partial charge in [0.05, 0.1) is 6.61 Å². The van der Waals surface area contributed by atoms with Crippen molar-refractivity contribution >= 4 is 12.0 Å². The van der Waals surface area contributed by atoms with Gasteiger partial charge in [-0.2, -0.15) is 0 Å². The summed E-state index contributed by atoms with van der Waals surface area (Å²) in [5.74, 6) is -0.634. The zero-order valence-corrected chi connectivity index (χ0v) is 10.5. The highest BCUT2D eigenvalue weighted by Crippen LogP contribution is 2.60. The van der Waals surface area contributed by atoms with E-state index in [9.17, 15) is 9.59 Å². The zero-order chi connectivity index (χ0) is 13.3. The number of rotatable bonds is 2. The van der Waals surface area contributed by atoms with Crippen molar-refractivity contribution in [2.24, 2.45) is 16.4 Å². The Labute approximate surface area is 105 Å². The number of amides is 2. The number of azide groups is 1. The summed E-state index contributed by atoms with van der Waals surface area (Å²) in [7, 11) is 0. The van der Waals surface area contributed by atoms with Crippen LogP contribution in [0, 0.1) is 11.3 Å². The first kappa shape index (κ1) is 12.7. The minimum absolute atomic E-state index is 0.0629. The lowest BCUT2D eigenvalue weighted by atomic mass is 10.0. The smallest absolute Gasteiger partial charge is 0.410 e. The highest BCUT2D eigenvalue weighted by Gasteiger charge is 2.62. The summed E-state index contributed by atoms with van der Waals surface area (Å²) >= 11 is 0. The molecule has 1 saturated heterocycles. The summed E-state index contributed by atoms with van der Waals surface area (Å²) in [4.78, 5) is 27.4. The fourth-order valence-corrected chi connectivity index (χ4v) is 2.92. The second-order valence-electron chi connectivity index (χ2n) is 5.03. The number of hydrogen-bond acceptors (Lipinski definition) is 3. The van der Waals surface area contributed by atoms with E-state index in [4.69, 9.17) is 10.3 Å². The zero-order valence-electron chi connectivity index (χ0n) is 10.5. The second-order valence-corrected chi connectivity index (χ2v) is 5.03. The van der Waals surface area contributed by atoms with Crippen molar-refractivity contribution in [2.45, 2.75) is 32.7 Å². The van der Waals surface area contributed by atoms with Crippen LogP contribution in [0.15, 0.2) is 5.11 Å². The van der Waals surface area contributed by atoms with Gasteiger partial charge in [-0.1, -0.05) is 0 Å². The number of nitrogens with zero attached hydrogens (tertiary/aromatic N) is 4. The van der Waals surface area contributed by atoms with Gasteiger partial charge in [-0.15, -0.1) is 0 Å².